The Morgan fingerprint density at radius 2 is 2.11 bits per heavy atom. The second-order valence-electron chi connectivity index (χ2n) is 4.92. The molecule has 0 unspecified atom stereocenters. The van der Waals surface area contributed by atoms with Crippen LogP contribution in [0, 0.1) is 17.2 Å². The summed E-state index contributed by atoms with van der Waals surface area (Å²) in [6.45, 7) is 5.10. The van der Waals surface area contributed by atoms with Crippen LogP contribution in [0.5, 0.6) is 0 Å². The van der Waals surface area contributed by atoms with Crippen LogP contribution >= 0.6 is 0 Å². The van der Waals surface area contributed by atoms with Gasteiger partial charge in [-0.15, -0.1) is 0 Å². The molecule has 1 aromatic carbocycles. The number of carbonyl (C=O) groups is 1. The second kappa shape index (κ2) is 6.35. The van der Waals surface area contributed by atoms with Gasteiger partial charge in [-0.2, -0.15) is 5.26 Å². The number of rotatable bonds is 5. The van der Waals surface area contributed by atoms with Gasteiger partial charge in [0, 0.05) is 26.2 Å². The van der Waals surface area contributed by atoms with Crippen LogP contribution in [0.25, 0.3) is 0 Å². The van der Waals surface area contributed by atoms with Crippen LogP contribution in [-0.4, -0.2) is 30.4 Å². The Kier molecular flexibility index (Phi) is 4.53. The molecule has 100 valence electrons. The van der Waals surface area contributed by atoms with Crippen molar-refractivity contribution in [2.45, 2.75) is 19.9 Å². The van der Waals surface area contributed by atoms with Gasteiger partial charge >= 0.3 is 0 Å². The molecule has 1 aromatic rings. The van der Waals surface area contributed by atoms with Crippen molar-refractivity contribution < 1.29 is 4.79 Å². The van der Waals surface area contributed by atoms with E-state index in [0.29, 0.717) is 12.1 Å². The highest BCUT2D eigenvalue weighted by atomic mass is 16.2. The maximum Gasteiger partial charge on any atom is 0.228 e. The standard InChI is InChI=1S/C15H19N3O/c1-2-7-18(15(19)14-9-17-10-14)11-13-5-3-12(8-16)4-6-13/h3-6,14,17H,2,7,9-11H2,1H3. The van der Waals surface area contributed by atoms with Crippen molar-refractivity contribution in [1.29, 1.82) is 5.26 Å². The highest BCUT2D eigenvalue weighted by Crippen LogP contribution is 2.13. The Labute approximate surface area is 114 Å². The summed E-state index contributed by atoms with van der Waals surface area (Å²) < 4.78 is 0. The van der Waals surface area contributed by atoms with E-state index in [1.807, 2.05) is 17.0 Å². The van der Waals surface area contributed by atoms with Gasteiger partial charge in [0.2, 0.25) is 5.91 Å². The maximum absolute atomic E-state index is 12.3. The van der Waals surface area contributed by atoms with Gasteiger partial charge in [0.1, 0.15) is 0 Å². The van der Waals surface area contributed by atoms with Crippen molar-refractivity contribution in [2.24, 2.45) is 5.92 Å². The Morgan fingerprint density at radius 3 is 2.58 bits per heavy atom. The average molecular weight is 257 g/mol. The van der Waals surface area contributed by atoms with Crippen molar-refractivity contribution in [1.82, 2.24) is 10.2 Å². The first-order valence-corrected chi connectivity index (χ1v) is 6.73. The predicted molar refractivity (Wildman–Crippen MR) is 73.2 cm³/mol. The molecule has 0 radical (unpaired) electrons. The Hall–Kier alpha value is -1.86. The number of hydrogen-bond donors (Lipinski definition) is 1. The molecule has 1 aliphatic rings. The third kappa shape index (κ3) is 3.33. The summed E-state index contributed by atoms with van der Waals surface area (Å²) in [5, 5.41) is 11.9. The van der Waals surface area contributed by atoms with Crippen LogP contribution in [0.3, 0.4) is 0 Å². The van der Waals surface area contributed by atoms with E-state index in [4.69, 9.17) is 5.26 Å². The highest BCUT2D eigenvalue weighted by Gasteiger charge is 2.28. The minimum absolute atomic E-state index is 0.143. The largest absolute Gasteiger partial charge is 0.338 e. The van der Waals surface area contributed by atoms with E-state index in [0.717, 1.165) is 31.6 Å². The van der Waals surface area contributed by atoms with E-state index in [2.05, 4.69) is 18.3 Å². The summed E-state index contributed by atoms with van der Waals surface area (Å²) in [6, 6.07) is 9.55. The monoisotopic (exact) mass is 257 g/mol. The first kappa shape index (κ1) is 13.6. The number of benzene rings is 1. The van der Waals surface area contributed by atoms with Gasteiger partial charge in [0.15, 0.2) is 0 Å². The number of amides is 1. The Morgan fingerprint density at radius 1 is 1.42 bits per heavy atom. The van der Waals surface area contributed by atoms with Gasteiger partial charge in [0.25, 0.3) is 0 Å². The lowest BCUT2D eigenvalue weighted by molar-refractivity contribution is -0.137. The van der Waals surface area contributed by atoms with E-state index in [1.165, 1.54) is 0 Å². The topological polar surface area (TPSA) is 56.1 Å². The zero-order valence-electron chi connectivity index (χ0n) is 11.2. The highest BCUT2D eigenvalue weighted by molar-refractivity contribution is 5.80. The molecule has 0 saturated carbocycles. The number of hydrogen-bond acceptors (Lipinski definition) is 3. The molecule has 19 heavy (non-hydrogen) atoms. The number of nitriles is 1. The molecule has 0 atom stereocenters. The van der Waals surface area contributed by atoms with Crippen LogP contribution in [0.4, 0.5) is 0 Å². The van der Waals surface area contributed by atoms with Crippen molar-refractivity contribution >= 4 is 5.91 Å². The molecule has 0 bridgehead atoms. The van der Waals surface area contributed by atoms with Gasteiger partial charge in [0.05, 0.1) is 17.6 Å². The zero-order valence-corrected chi connectivity index (χ0v) is 11.2. The van der Waals surface area contributed by atoms with E-state index >= 15 is 0 Å². The van der Waals surface area contributed by atoms with E-state index in [1.54, 1.807) is 12.1 Å². The fourth-order valence-electron chi connectivity index (χ4n) is 2.16. The van der Waals surface area contributed by atoms with Crippen molar-refractivity contribution in [3.05, 3.63) is 35.4 Å². The van der Waals surface area contributed by atoms with Gasteiger partial charge in [-0.25, -0.2) is 0 Å². The lowest BCUT2D eigenvalue weighted by Crippen LogP contribution is -2.52. The number of nitrogens with zero attached hydrogens (tertiary/aromatic N) is 2. The predicted octanol–water partition coefficient (Wildman–Crippen LogP) is 1.52. The molecule has 1 aliphatic heterocycles. The van der Waals surface area contributed by atoms with Crippen molar-refractivity contribution in [3.8, 4) is 6.07 Å². The normalized spacial score (nSPS) is 14.5. The molecular formula is C15H19N3O. The molecule has 4 nitrogen and oxygen atoms in total. The van der Waals surface area contributed by atoms with Gasteiger partial charge in [-0.1, -0.05) is 19.1 Å². The molecule has 0 spiro atoms. The van der Waals surface area contributed by atoms with Crippen LogP contribution in [0.15, 0.2) is 24.3 Å². The first-order chi connectivity index (χ1) is 9.24. The molecular weight excluding hydrogens is 238 g/mol. The van der Waals surface area contributed by atoms with Crippen LogP contribution in [0.2, 0.25) is 0 Å². The van der Waals surface area contributed by atoms with Crippen LogP contribution < -0.4 is 5.32 Å². The molecule has 1 fully saturated rings. The minimum Gasteiger partial charge on any atom is -0.338 e. The Balaban J connectivity index is 2.02. The summed E-state index contributed by atoms with van der Waals surface area (Å²) in [5.74, 6) is 0.384. The summed E-state index contributed by atoms with van der Waals surface area (Å²) in [7, 11) is 0. The fourth-order valence-corrected chi connectivity index (χ4v) is 2.16. The molecule has 0 aliphatic carbocycles. The number of nitrogens with one attached hydrogen (secondary N) is 1. The summed E-state index contributed by atoms with van der Waals surface area (Å²) in [4.78, 5) is 14.2. The molecule has 1 amide bonds. The summed E-state index contributed by atoms with van der Waals surface area (Å²) in [5.41, 5.74) is 1.73. The number of carbonyl (C=O) groups excluding carboxylic acids is 1. The quantitative estimate of drug-likeness (QED) is 0.870. The average Bonchev–Trinajstić information content (AvgIpc) is 2.37. The van der Waals surface area contributed by atoms with E-state index in [-0.39, 0.29) is 11.8 Å². The van der Waals surface area contributed by atoms with E-state index in [9.17, 15) is 4.79 Å². The van der Waals surface area contributed by atoms with Gasteiger partial charge in [-0.3, -0.25) is 4.79 Å². The lowest BCUT2D eigenvalue weighted by atomic mass is 10.0. The van der Waals surface area contributed by atoms with Crippen molar-refractivity contribution in [2.75, 3.05) is 19.6 Å². The van der Waals surface area contributed by atoms with Gasteiger partial charge < -0.3 is 10.2 Å². The molecule has 1 saturated heterocycles. The first-order valence-electron chi connectivity index (χ1n) is 6.73. The smallest absolute Gasteiger partial charge is 0.228 e. The van der Waals surface area contributed by atoms with Crippen LogP contribution in [-0.2, 0) is 11.3 Å². The molecule has 2 rings (SSSR count). The SMILES string of the molecule is CCCN(Cc1ccc(C#N)cc1)C(=O)C1CNC1. The maximum atomic E-state index is 12.3. The van der Waals surface area contributed by atoms with Gasteiger partial charge in [-0.05, 0) is 24.1 Å². The third-order valence-electron chi connectivity index (χ3n) is 3.39. The van der Waals surface area contributed by atoms with Crippen molar-refractivity contribution in [3.63, 3.8) is 0 Å². The minimum atomic E-state index is 0.143. The molecule has 1 N–H and O–H groups in total. The van der Waals surface area contributed by atoms with Crippen LogP contribution in [0.1, 0.15) is 24.5 Å². The molecule has 4 heteroatoms. The van der Waals surface area contributed by atoms with E-state index < -0.39 is 0 Å². The zero-order chi connectivity index (χ0) is 13.7. The fraction of sp³-hybridized carbons (Fsp3) is 0.467. The third-order valence-corrected chi connectivity index (χ3v) is 3.39. The summed E-state index contributed by atoms with van der Waals surface area (Å²) in [6.07, 6.45) is 0.960. The lowest BCUT2D eigenvalue weighted by Gasteiger charge is -2.32. The summed E-state index contributed by atoms with van der Waals surface area (Å²) >= 11 is 0. The molecule has 0 aromatic heterocycles. The molecule has 1 heterocycles. The second-order valence-corrected chi connectivity index (χ2v) is 4.92. The Bertz CT molecular complexity index is 471.